The smallest absolute Gasteiger partial charge is 0.324 e. The quantitative estimate of drug-likeness (QED) is 0.809. The third-order valence-corrected chi connectivity index (χ3v) is 6.15. The van der Waals surface area contributed by atoms with E-state index < -0.39 is 27.9 Å². The summed E-state index contributed by atoms with van der Waals surface area (Å²) in [6.45, 7) is 1.74. The molecule has 9 heteroatoms. The van der Waals surface area contributed by atoms with Crippen molar-refractivity contribution < 1.29 is 22.4 Å². The Morgan fingerprint density at radius 1 is 1.30 bits per heavy atom. The number of benzene rings is 1. The Labute approximate surface area is 133 Å². The molecule has 7 nitrogen and oxygen atoms in total. The third-order valence-electron chi connectivity index (χ3n) is 4.12. The molecule has 2 saturated heterocycles. The zero-order valence-corrected chi connectivity index (χ0v) is 13.3. The van der Waals surface area contributed by atoms with E-state index in [1.165, 1.54) is 17.3 Å². The molecule has 0 aliphatic carbocycles. The molecule has 3 rings (SSSR count). The molecule has 2 fully saturated rings. The van der Waals surface area contributed by atoms with Gasteiger partial charge in [-0.15, -0.1) is 0 Å². The number of rotatable bonds is 3. The van der Waals surface area contributed by atoms with Crippen molar-refractivity contribution in [2.24, 2.45) is 0 Å². The number of carbonyl (C=O) groups excluding carboxylic acids is 2. The zero-order chi connectivity index (χ0) is 16.8. The SMILES string of the molecule is Cc1cc(F)ccc1S(=O)(=O)N1CC[C@@H](N2C(=O)CNC2=O)C1. The van der Waals surface area contributed by atoms with Gasteiger partial charge < -0.3 is 5.32 Å². The molecule has 2 aliphatic rings. The second-order valence-corrected chi connectivity index (χ2v) is 7.54. The Hall–Kier alpha value is -2.00. The van der Waals surface area contributed by atoms with Crippen LogP contribution in [0.2, 0.25) is 0 Å². The Bertz CT molecular complexity index is 764. The lowest BCUT2D eigenvalue weighted by atomic mass is 10.2. The first kappa shape index (κ1) is 15.9. The van der Waals surface area contributed by atoms with Crippen LogP contribution in [0.25, 0.3) is 0 Å². The van der Waals surface area contributed by atoms with Crippen molar-refractivity contribution in [3.63, 3.8) is 0 Å². The summed E-state index contributed by atoms with van der Waals surface area (Å²) in [4.78, 5) is 24.5. The number of nitrogens with one attached hydrogen (secondary N) is 1. The number of sulfonamides is 1. The number of halogens is 1. The van der Waals surface area contributed by atoms with Crippen LogP contribution in [0.15, 0.2) is 23.1 Å². The first-order chi connectivity index (χ1) is 10.8. The van der Waals surface area contributed by atoms with Gasteiger partial charge in [0.1, 0.15) is 5.82 Å². The molecule has 0 bridgehead atoms. The molecular formula is C14H16FN3O4S. The predicted molar refractivity (Wildman–Crippen MR) is 78.5 cm³/mol. The zero-order valence-electron chi connectivity index (χ0n) is 12.5. The Balaban J connectivity index is 1.83. The summed E-state index contributed by atoms with van der Waals surface area (Å²) in [5.41, 5.74) is 0.323. The lowest BCUT2D eigenvalue weighted by Gasteiger charge is -2.22. The fourth-order valence-corrected chi connectivity index (χ4v) is 4.68. The van der Waals surface area contributed by atoms with Gasteiger partial charge in [0.15, 0.2) is 0 Å². The molecule has 0 radical (unpaired) electrons. The van der Waals surface area contributed by atoms with Crippen molar-refractivity contribution in [3.05, 3.63) is 29.6 Å². The maximum atomic E-state index is 13.2. The monoisotopic (exact) mass is 341 g/mol. The van der Waals surface area contributed by atoms with E-state index in [2.05, 4.69) is 5.32 Å². The predicted octanol–water partition coefficient (Wildman–Crippen LogP) is 0.449. The number of imide groups is 1. The normalized spacial score (nSPS) is 22.7. The number of amides is 3. The molecule has 0 spiro atoms. The van der Waals surface area contributed by atoms with Crippen molar-refractivity contribution in [2.75, 3.05) is 19.6 Å². The minimum absolute atomic E-state index is 0.0387. The van der Waals surface area contributed by atoms with Crippen LogP contribution in [-0.4, -0.2) is 55.2 Å². The van der Waals surface area contributed by atoms with Crippen molar-refractivity contribution >= 4 is 22.0 Å². The Morgan fingerprint density at radius 2 is 2.04 bits per heavy atom. The van der Waals surface area contributed by atoms with Gasteiger partial charge in [-0.25, -0.2) is 17.6 Å². The van der Waals surface area contributed by atoms with Crippen molar-refractivity contribution in [1.29, 1.82) is 0 Å². The molecule has 23 heavy (non-hydrogen) atoms. The number of hydrogen-bond donors (Lipinski definition) is 1. The minimum Gasteiger partial charge on any atom is -0.329 e. The van der Waals surface area contributed by atoms with E-state index in [1.807, 2.05) is 0 Å². The van der Waals surface area contributed by atoms with Crippen LogP contribution in [0.4, 0.5) is 9.18 Å². The average Bonchev–Trinajstić information content (AvgIpc) is 3.06. The summed E-state index contributed by atoms with van der Waals surface area (Å²) in [5, 5.41) is 2.42. The van der Waals surface area contributed by atoms with Gasteiger partial charge in [-0.3, -0.25) is 9.69 Å². The van der Waals surface area contributed by atoms with E-state index in [0.29, 0.717) is 12.0 Å². The maximum absolute atomic E-state index is 13.2. The minimum atomic E-state index is -3.79. The summed E-state index contributed by atoms with van der Waals surface area (Å²) in [6, 6.07) is 2.54. The first-order valence-corrected chi connectivity index (χ1v) is 8.61. The lowest BCUT2D eigenvalue weighted by Crippen LogP contribution is -2.42. The highest BCUT2D eigenvalue weighted by Gasteiger charge is 2.42. The number of nitrogens with zero attached hydrogens (tertiary/aromatic N) is 2. The van der Waals surface area contributed by atoms with Gasteiger partial charge in [0.05, 0.1) is 17.5 Å². The van der Waals surface area contributed by atoms with Gasteiger partial charge >= 0.3 is 6.03 Å². The van der Waals surface area contributed by atoms with Gasteiger partial charge in [-0.2, -0.15) is 4.31 Å². The van der Waals surface area contributed by atoms with Crippen LogP contribution in [0.1, 0.15) is 12.0 Å². The van der Waals surface area contributed by atoms with Crippen LogP contribution < -0.4 is 5.32 Å². The van der Waals surface area contributed by atoms with Crippen LogP contribution >= 0.6 is 0 Å². The molecule has 0 saturated carbocycles. The van der Waals surface area contributed by atoms with Crippen LogP contribution in [0, 0.1) is 12.7 Å². The molecule has 2 aliphatic heterocycles. The first-order valence-electron chi connectivity index (χ1n) is 7.17. The molecule has 0 aromatic heterocycles. The molecule has 1 aromatic carbocycles. The summed E-state index contributed by atoms with van der Waals surface area (Å²) in [6.07, 6.45) is 0.388. The largest absolute Gasteiger partial charge is 0.329 e. The molecule has 0 unspecified atom stereocenters. The maximum Gasteiger partial charge on any atom is 0.324 e. The summed E-state index contributed by atoms with van der Waals surface area (Å²) in [5.74, 6) is -0.850. The topological polar surface area (TPSA) is 86.8 Å². The van der Waals surface area contributed by atoms with Crippen molar-refractivity contribution in [3.8, 4) is 0 Å². The lowest BCUT2D eigenvalue weighted by molar-refractivity contribution is -0.126. The van der Waals surface area contributed by atoms with E-state index in [1.54, 1.807) is 0 Å². The highest BCUT2D eigenvalue weighted by molar-refractivity contribution is 7.89. The van der Waals surface area contributed by atoms with Crippen LogP contribution in [0.5, 0.6) is 0 Å². The Kier molecular flexibility index (Phi) is 3.85. The number of aryl methyl sites for hydroxylation is 1. The van der Waals surface area contributed by atoms with Gasteiger partial charge in [-0.05, 0) is 37.1 Å². The van der Waals surface area contributed by atoms with E-state index in [4.69, 9.17) is 0 Å². The molecule has 124 valence electrons. The van der Waals surface area contributed by atoms with Gasteiger partial charge in [-0.1, -0.05) is 0 Å². The van der Waals surface area contributed by atoms with Gasteiger partial charge in [0.2, 0.25) is 15.9 Å². The van der Waals surface area contributed by atoms with E-state index in [9.17, 15) is 22.4 Å². The van der Waals surface area contributed by atoms with E-state index in [-0.39, 0.29) is 30.4 Å². The fraction of sp³-hybridized carbons (Fsp3) is 0.429. The standard InChI is InChI=1S/C14H16FN3O4S/c1-9-6-10(15)2-3-12(9)23(21,22)17-5-4-11(8-17)18-13(19)7-16-14(18)20/h2-3,6,11H,4-5,7-8H2,1H3,(H,16,20)/t11-/m1/s1. The Morgan fingerprint density at radius 3 is 2.65 bits per heavy atom. The summed E-state index contributed by atoms with van der Waals surface area (Å²) >= 11 is 0. The van der Waals surface area contributed by atoms with Crippen LogP contribution in [0.3, 0.4) is 0 Å². The molecule has 1 aromatic rings. The molecule has 2 heterocycles. The van der Waals surface area contributed by atoms with Gasteiger partial charge in [0.25, 0.3) is 0 Å². The summed E-state index contributed by atoms with van der Waals surface area (Å²) < 4.78 is 39.8. The fourth-order valence-electron chi connectivity index (χ4n) is 2.99. The molecular weight excluding hydrogens is 325 g/mol. The second kappa shape index (κ2) is 5.57. The number of hydrogen-bond acceptors (Lipinski definition) is 4. The average molecular weight is 341 g/mol. The molecule has 3 amide bonds. The highest BCUT2D eigenvalue weighted by atomic mass is 32.2. The number of carbonyl (C=O) groups is 2. The van der Waals surface area contributed by atoms with E-state index >= 15 is 0 Å². The molecule has 1 N–H and O–H groups in total. The molecule has 1 atom stereocenters. The van der Waals surface area contributed by atoms with Crippen molar-refractivity contribution in [2.45, 2.75) is 24.3 Å². The summed E-state index contributed by atoms with van der Waals surface area (Å²) in [7, 11) is -3.79. The van der Waals surface area contributed by atoms with Gasteiger partial charge in [0, 0.05) is 13.1 Å². The third kappa shape index (κ3) is 2.70. The number of urea groups is 1. The second-order valence-electron chi connectivity index (χ2n) is 5.64. The highest BCUT2D eigenvalue weighted by Crippen LogP contribution is 2.26. The van der Waals surface area contributed by atoms with Crippen LogP contribution in [-0.2, 0) is 14.8 Å². The van der Waals surface area contributed by atoms with E-state index in [0.717, 1.165) is 17.0 Å². The van der Waals surface area contributed by atoms with Crippen molar-refractivity contribution in [1.82, 2.24) is 14.5 Å².